The molecule has 0 atom stereocenters. The lowest BCUT2D eigenvalue weighted by atomic mass is 10.2. The first-order valence-corrected chi connectivity index (χ1v) is 6.53. The fourth-order valence-electron chi connectivity index (χ4n) is 2.23. The quantitative estimate of drug-likeness (QED) is 0.500. The number of fused-ring (bicyclic) bond motifs is 1. The molecule has 0 bridgehead atoms. The number of hydrogen-bond acceptors (Lipinski definition) is 1. The van der Waals surface area contributed by atoms with Crippen molar-refractivity contribution in [1.29, 1.82) is 0 Å². The largest absolute Gasteiger partial charge is 0.358 e. The standard InChI is InChI=1S/C15H22N4.HI/c1-18(2)15(19(3)4)16-10-9-13-11-12-7-5-6-8-14(12)17-13;/h5-8,11,17H,9-10H2,1-4H3;1H. The fourth-order valence-corrected chi connectivity index (χ4v) is 2.23. The van der Waals surface area contributed by atoms with Gasteiger partial charge in [0.25, 0.3) is 0 Å². The average molecular weight is 386 g/mol. The van der Waals surface area contributed by atoms with E-state index in [0.29, 0.717) is 0 Å². The highest BCUT2D eigenvalue weighted by Gasteiger charge is 2.04. The summed E-state index contributed by atoms with van der Waals surface area (Å²) >= 11 is 0. The van der Waals surface area contributed by atoms with E-state index in [0.717, 1.165) is 18.9 Å². The number of guanidine groups is 1. The van der Waals surface area contributed by atoms with Crippen LogP contribution in [0.25, 0.3) is 10.9 Å². The van der Waals surface area contributed by atoms with Crippen LogP contribution in [-0.2, 0) is 6.42 Å². The summed E-state index contributed by atoms with van der Waals surface area (Å²) in [7, 11) is 8.06. The predicted octanol–water partition coefficient (Wildman–Crippen LogP) is 2.81. The maximum atomic E-state index is 4.64. The monoisotopic (exact) mass is 386 g/mol. The molecule has 0 radical (unpaired) electrons. The predicted molar refractivity (Wildman–Crippen MR) is 97.1 cm³/mol. The van der Waals surface area contributed by atoms with Crippen molar-refractivity contribution in [3.8, 4) is 0 Å². The third kappa shape index (κ3) is 4.13. The van der Waals surface area contributed by atoms with Crippen LogP contribution in [0.5, 0.6) is 0 Å². The Morgan fingerprint density at radius 3 is 2.35 bits per heavy atom. The number of hydrogen-bond donors (Lipinski definition) is 1. The third-order valence-electron chi connectivity index (χ3n) is 3.02. The van der Waals surface area contributed by atoms with Gasteiger partial charge in [0.2, 0.25) is 0 Å². The molecule has 0 amide bonds. The highest BCUT2D eigenvalue weighted by molar-refractivity contribution is 14.0. The van der Waals surface area contributed by atoms with Gasteiger partial charge in [-0.2, -0.15) is 0 Å². The minimum Gasteiger partial charge on any atom is -0.358 e. The van der Waals surface area contributed by atoms with Gasteiger partial charge in [0.15, 0.2) is 5.96 Å². The zero-order valence-electron chi connectivity index (χ0n) is 12.6. The summed E-state index contributed by atoms with van der Waals surface area (Å²) in [4.78, 5) is 12.1. The molecule has 5 heteroatoms. The van der Waals surface area contributed by atoms with Gasteiger partial charge in [-0.3, -0.25) is 4.99 Å². The molecule has 2 aromatic rings. The molecule has 4 nitrogen and oxygen atoms in total. The van der Waals surface area contributed by atoms with Crippen molar-refractivity contribution in [2.45, 2.75) is 6.42 Å². The Balaban J connectivity index is 0.00000200. The Hall–Kier alpha value is -1.24. The Labute approximate surface area is 137 Å². The second kappa shape index (κ2) is 7.52. The van der Waals surface area contributed by atoms with Crippen molar-refractivity contribution < 1.29 is 0 Å². The van der Waals surface area contributed by atoms with Crippen molar-refractivity contribution in [2.24, 2.45) is 4.99 Å². The smallest absolute Gasteiger partial charge is 0.195 e. The van der Waals surface area contributed by atoms with Crippen LogP contribution in [0, 0.1) is 0 Å². The second-order valence-electron chi connectivity index (χ2n) is 5.10. The summed E-state index contributed by atoms with van der Waals surface area (Å²) in [6, 6.07) is 10.6. The van der Waals surface area contributed by atoms with Crippen LogP contribution in [0.4, 0.5) is 0 Å². The molecule has 0 aliphatic rings. The van der Waals surface area contributed by atoms with E-state index in [1.807, 2.05) is 38.0 Å². The van der Waals surface area contributed by atoms with Crippen LogP contribution >= 0.6 is 24.0 Å². The molecule has 0 saturated heterocycles. The Bertz CT molecular complexity index is 529. The molecule has 0 aliphatic carbocycles. The Morgan fingerprint density at radius 2 is 1.75 bits per heavy atom. The molecule has 110 valence electrons. The van der Waals surface area contributed by atoms with Gasteiger partial charge >= 0.3 is 0 Å². The van der Waals surface area contributed by atoms with Gasteiger partial charge in [0.05, 0.1) is 0 Å². The molecule has 1 heterocycles. The highest BCUT2D eigenvalue weighted by atomic mass is 127. The van der Waals surface area contributed by atoms with Crippen molar-refractivity contribution in [3.63, 3.8) is 0 Å². The van der Waals surface area contributed by atoms with E-state index in [-0.39, 0.29) is 24.0 Å². The number of rotatable bonds is 3. The van der Waals surface area contributed by atoms with Crippen molar-refractivity contribution in [3.05, 3.63) is 36.0 Å². The van der Waals surface area contributed by atoms with Crippen LogP contribution in [0.2, 0.25) is 0 Å². The fraction of sp³-hybridized carbons (Fsp3) is 0.400. The lowest BCUT2D eigenvalue weighted by molar-refractivity contribution is 0.479. The average Bonchev–Trinajstić information content (AvgIpc) is 2.76. The van der Waals surface area contributed by atoms with Crippen molar-refractivity contribution >= 4 is 40.8 Å². The van der Waals surface area contributed by atoms with E-state index < -0.39 is 0 Å². The number of nitrogens with one attached hydrogen (secondary N) is 1. The van der Waals surface area contributed by atoms with Gasteiger partial charge in [0, 0.05) is 52.4 Å². The normalized spacial score (nSPS) is 10.0. The number of benzene rings is 1. The van der Waals surface area contributed by atoms with E-state index in [2.05, 4.69) is 40.3 Å². The van der Waals surface area contributed by atoms with E-state index >= 15 is 0 Å². The minimum absolute atomic E-state index is 0. The van der Waals surface area contributed by atoms with Gasteiger partial charge in [-0.05, 0) is 17.5 Å². The second-order valence-corrected chi connectivity index (χ2v) is 5.10. The first-order valence-electron chi connectivity index (χ1n) is 6.53. The van der Waals surface area contributed by atoms with E-state index in [1.165, 1.54) is 16.6 Å². The number of halogens is 1. The van der Waals surface area contributed by atoms with Gasteiger partial charge < -0.3 is 14.8 Å². The van der Waals surface area contributed by atoms with Gasteiger partial charge in [-0.15, -0.1) is 24.0 Å². The van der Waals surface area contributed by atoms with Crippen LogP contribution in [0.1, 0.15) is 5.69 Å². The molecular weight excluding hydrogens is 363 g/mol. The summed E-state index contributed by atoms with van der Waals surface area (Å²) in [6.07, 6.45) is 0.930. The molecular formula is C15H23IN4. The molecule has 1 aromatic heterocycles. The molecule has 1 N–H and O–H groups in total. The first kappa shape index (κ1) is 16.8. The molecule has 2 rings (SSSR count). The SMILES string of the molecule is CN(C)C(=NCCc1cc2ccccc2[nH]1)N(C)C.I. The molecule has 20 heavy (non-hydrogen) atoms. The number of para-hydroxylation sites is 1. The zero-order valence-corrected chi connectivity index (χ0v) is 14.9. The zero-order chi connectivity index (χ0) is 13.8. The van der Waals surface area contributed by atoms with Crippen molar-refractivity contribution in [2.75, 3.05) is 34.7 Å². The molecule has 0 saturated carbocycles. The summed E-state index contributed by atoms with van der Waals surface area (Å²) < 4.78 is 0. The van der Waals surface area contributed by atoms with Crippen LogP contribution in [0.15, 0.2) is 35.3 Å². The van der Waals surface area contributed by atoms with Gasteiger partial charge in [0.1, 0.15) is 0 Å². The topological polar surface area (TPSA) is 34.6 Å². The lowest BCUT2D eigenvalue weighted by Crippen LogP contribution is -2.35. The number of aliphatic imine (C=N–C) groups is 1. The summed E-state index contributed by atoms with van der Waals surface area (Å²) in [5.74, 6) is 0.996. The van der Waals surface area contributed by atoms with Gasteiger partial charge in [-0.25, -0.2) is 0 Å². The first-order chi connectivity index (χ1) is 9.08. The molecule has 0 unspecified atom stereocenters. The Morgan fingerprint density at radius 1 is 1.10 bits per heavy atom. The Kier molecular flexibility index (Phi) is 6.32. The van der Waals surface area contributed by atoms with Crippen molar-refractivity contribution in [1.82, 2.24) is 14.8 Å². The summed E-state index contributed by atoms with van der Waals surface area (Å²) in [5.41, 5.74) is 2.43. The maximum absolute atomic E-state index is 4.64. The molecule has 0 spiro atoms. The number of aromatic amines is 1. The molecule has 0 fully saturated rings. The number of nitrogens with zero attached hydrogens (tertiary/aromatic N) is 3. The van der Waals surface area contributed by atoms with Crippen LogP contribution < -0.4 is 0 Å². The van der Waals surface area contributed by atoms with E-state index in [9.17, 15) is 0 Å². The van der Waals surface area contributed by atoms with E-state index in [4.69, 9.17) is 0 Å². The summed E-state index contributed by atoms with van der Waals surface area (Å²) in [5, 5.41) is 1.27. The van der Waals surface area contributed by atoms with Gasteiger partial charge in [-0.1, -0.05) is 18.2 Å². The third-order valence-corrected chi connectivity index (χ3v) is 3.02. The number of H-pyrrole nitrogens is 1. The highest BCUT2D eigenvalue weighted by Crippen LogP contribution is 2.14. The lowest BCUT2D eigenvalue weighted by Gasteiger charge is -2.22. The van der Waals surface area contributed by atoms with Crippen LogP contribution in [-0.4, -0.2) is 55.5 Å². The van der Waals surface area contributed by atoms with Crippen LogP contribution in [0.3, 0.4) is 0 Å². The summed E-state index contributed by atoms with van der Waals surface area (Å²) in [6.45, 7) is 0.790. The molecule has 0 aliphatic heterocycles. The maximum Gasteiger partial charge on any atom is 0.195 e. The minimum atomic E-state index is 0. The number of aromatic nitrogens is 1. The van der Waals surface area contributed by atoms with E-state index in [1.54, 1.807) is 0 Å². The molecule has 1 aromatic carbocycles.